The number of nitro groups is 1. The minimum absolute atomic E-state index is 0.0660. The molecule has 0 radical (unpaired) electrons. The summed E-state index contributed by atoms with van der Waals surface area (Å²) in [6, 6.07) is 15.0. The van der Waals surface area contributed by atoms with Gasteiger partial charge in [-0.3, -0.25) is 14.9 Å². The lowest BCUT2D eigenvalue weighted by Crippen LogP contribution is -2.24. The van der Waals surface area contributed by atoms with Gasteiger partial charge in [0.2, 0.25) is 0 Å². The van der Waals surface area contributed by atoms with Crippen molar-refractivity contribution in [2.45, 2.75) is 0 Å². The highest BCUT2D eigenvalue weighted by atomic mass is 79.9. The Morgan fingerprint density at radius 2 is 2.00 bits per heavy atom. The smallest absolute Gasteiger partial charge is 0.312 e. The highest BCUT2D eigenvalue weighted by Crippen LogP contribution is 2.29. The lowest BCUT2D eigenvalue weighted by Gasteiger charge is -2.05. The van der Waals surface area contributed by atoms with Crippen LogP contribution in [0.25, 0.3) is 11.3 Å². The minimum Gasteiger partial charge on any atom is -0.477 e. The molecule has 1 heterocycles. The molecule has 0 unspecified atom stereocenters. The summed E-state index contributed by atoms with van der Waals surface area (Å²) in [6.45, 7) is -0.456. The number of carbonyl (C=O) groups excluding carboxylic acids is 1. The lowest BCUT2D eigenvalue weighted by molar-refractivity contribution is -0.385. The summed E-state index contributed by atoms with van der Waals surface area (Å²) in [7, 11) is 0. The molecule has 10 heteroatoms. The van der Waals surface area contributed by atoms with E-state index in [-0.39, 0.29) is 16.5 Å². The molecule has 0 aliphatic rings. The van der Waals surface area contributed by atoms with E-state index in [1.165, 1.54) is 18.3 Å². The third-order valence-corrected chi connectivity index (χ3v) is 4.38. The molecule has 0 bridgehead atoms. The second-order valence-corrected chi connectivity index (χ2v) is 7.01. The van der Waals surface area contributed by atoms with Gasteiger partial charge < -0.3 is 9.15 Å². The van der Waals surface area contributed by atoms with E-state index in [2.05, 4.69) is 26.5 Å². The van der Waals surface area contributed by atoms with Crippen molar-refractivity contribution in [2.24, 2.45) is 5.10 Å². The van der Waals surface area contributed by atoms with E-state index >= 15 is 0 Å². The van der Waals surface area contributed by atoms with Crippen molar-refractivity contribution in [2.75, 3.05) is 6.61 Å². The predicted molar refractivity (Wildman–Crippen MR) is 111 cm³/mol. The average Bonchev–Trinajstić information content (AvgIpc) is 3.16. The summed E-state index contributed by atoms with van der Waals surface area (Å²) >= 11 is 9.10. The molecular weight excluding hydrogens is 466 g/mol. The maximum absolute atomic E-state index is 11.8. The molecule has 3 rings (SSSR count). The number of hydrogen-bond acceptors (Lipinski definition) is 6. The summed E-state index contributed by atoms with van der Waals surface area (Å²) in [6.07, 6.45) is 1.34. The average molecular weight is 479 g/mol. The predicted octanol–water partition coefficient (Wildman–Crippen LogP) is 4.80. The van der Waals surface area contributed by atoms with Crippen LogP contribution in [-0.4, -0.2) is 23.7 Å². The number of nitro benzene ring substituents is 1. The molecule has 148 valence electrons. The Labute approximate surface area is 178 Å². The number of ether oxygens (including phenoxy) is 1. The van der Waals surface area contributed by atoms with Crippen LogP contribution >= 0.6 is 27.5 Å². The first-order valence-corrected chi connectivity index (χ1v) is 9.34. The number of nitrogens with one attached hydrogen (secondary N) is 1. The van der Waals surface area contributed by atoms with E-state index in [1.54, 1.807) is 12.1 Å². The molecule has 29 heavy (non-hydrogen) atoms. The van der Waals surface area contributed by atoms with Crippen LogP contribution in [0.2, 0.25) is 5.02 Å². The van der Waals surface area contributed by atoms with Gasteiger partial charge in [0.05, 0.1) is 11.1 Å². The topological polar surface area (TPSA) is 107 Å². The molecule has 0 saturated carbocycles. The highest BCUT2D eigenvalue weighted by Gasteiger charge is 2.16. The number of carbonyl (C=O) groups is 1. The van der Waals surface area contributed by atoms with Crippen molar-refractivity contribution in [3.63, 3.8) is 0 Å². The van der Waals surface area contributed by atoms with Gasteiger partial charge in [-0.1, -0.05) is 39.7 Å². The van der Waals surface area contributed by atoms with Crippen LogP contribution in [0.15, 0.2) is 68.6 Å². The van der Waals surface area contributed by atoms with Gasteiger partial charge in [0, 0.05) is 21.1 Å². The van der Waals surface area contributed by atoms with Crippen molar-refractivity contribution in [1.29, 1.82) is 0 Å². The third kappa shape index (κ3) is 5.66. The molecular formula is C19H13BrClN3O5. The number of hydrogen-bond donors (Lipinski definition) is 1. The van der Waals surface area contributed by atoms with Gasteiger partial charge in [0.25, 0.3) is 5.91 Å². The Kier molecular flexibility index (Phi) is 6.63. The first-order chi connectivity index (χ1) is 13.9. The Balaban J connectivity index is 1.54. The molecule has 1 amide bonds. The van der Waals surface area contributed by atoms with E-state index in [0.717, 1.165) is 16.1 Å². The fraction of sp³-hybridized carbons (Fsp3) is 0.0526. The quantitative estimate of drug-likeness (QED) is 0.298. The first kappa shape index (κ1) is 20.6. The van der Waals surface area contributed by atoms with Crippen LogP contribution in [0.3, 0.4) is 0 Å². The molecule has 3 aromatic rings. The summed E-state index contributed by atoms with van der Waals surface area (Å²) in [5.41, 5.74) is 2.83. The Hall–Kier alpha value is -3.17. The number of nitrogens with zero attached hydrogens (tertiary/aromatic N) is 2. The molecule has 2 aromatic carbocycles. The molecule has 0 atom stereocenters. The normalized spacial score (nSPS) is 10.8. The van der Waals surface area contributed by atoms with Gasteiger partial charge in [0.15, 0.2) is 12.4 Å². The molecule has 1 N–H and O–H groups in total. The number of furan rings is 1. The first-order valence-electron chi connectivity index (χ1n) is 8.17. The second kappa shape index (κ2) is 9.35. The fourth-order valence-corrected chi connectivity index (χ4v) is 2.72. The molecule has 1 aromatic heterocycles. The fourth-order valence-electron chi connectivity index (χ4n) is 2.29. The molecule has 0 aliphatic heterocycles. The van der Waals surface area contributed by atoms with E-state index in [1.807, 2.05) is 24.3 Å². The van der Waals surface area contributed by atoms with Crippen LogP contribution in [0.1, 0.15) is 5.76 Å². The zero-order valence-corrected chi connectivity index (χ0v) is 17.0. The van der Waals surface area contributed by atoms with Gasteiger partial charge in [0.1, 0.15) is 11.5 Å². The Morgan fingerprint density at radius 3 is 2.72 bits per heavy atom. The second-order valence-electron chi connectivity index (χ2n) is 5.66. The van der Waals surface area contributed by atoms with Crippen LogP contribution in [0, 0.1) is 10.1 Å². The van der Waals surface area contributed by atoms with Gasteiger partial charge >= 0.3 is 5.69 Å². The lowest BCUT2D eigenvalue weighted by atomic mass is 10.2. The number of benzene rings is 2. The summed E-state index contributed by atoms with van der Waals surface area (Å²) < 4.78 is 11.8. The molecule has 0 spiro atoms. The Bertz CT molecular complexity index is 1070. The summed E-state index contributed by atoms with van der Waals surface area (Å²) in [5, 5.41) is 15.0. The van der Waals surface area contributed by atoms with E-state index in [9.17, 15) is 14.9 Å². The van der Waals surface area contributed by atoms with E-state index in [0.29, 0.717) is 11.5 Å². The van der Waals surface area contributed by atoms with Crippen LogP contribution in [-0.2, 0) is 4.79 Å². The van der Waals surface area contributed by atoms with Gasteiger partial charge in [-0.2, -0.15) is 5.10 Å². The zero-order chi connectivity index (χ0) is 20.8. The number of amides is 1. The third-order valence-electron chi connectivity index (χ3n) is 3.61. The van der Waals surface area contributed by atoms with Crippen LogP contribution in [0.4, 0.5) is 5.69 Å². The van der Waals surface area contributed by atoms with Crippen molar-refractivity contribution in [1.82, 2.24) is 5.43 Å². The van der Waals surface area contributed by atoms with Crippen molar-refractivity contribution in [3.05, 3.63) is 80.0 Å². The number of rotatable bonds is 7. The van der Waals surface area contributed by atoms with E-state index in [4.69, 9.17) is 20.8 Å². The van der Waals surface area contributed by atoms with E-state index < -0.39 is 17.4 Å². The maximum atomic E-state index is 11.8. The zero-order valence-electron chi connectivity index (χ0n) is 14.7. The molecule has 0 fully saturated rings. The molecule has 0 aliphatic carbocycles. The van der Waals surface area contributed by atoms with Crippen molar-refractivity contribution in [3.8, 4) is 17.1 Å². The van der Waals surface area contributed by atoms with Gasteiger partial charge in [-0.25, -0.2) is 5.43 Å². The summed E-state index contributed by atoms with van der Waals surface area (Å²) in [4.78, 5) is 22.2. The highest BCUT2D eigenvalue weighted by molar-refractivity contribution is 9.10. The number of hydrazone groups is 1. The van der Waals surface area contributed by atoms with Crippen molar-refractivity contribution < 1.29 is 18.9 Å². The number of halogens is 2. The Morgan fingerprint density at radius 1 is 1.24 bits per heavy atom. The molecule has 0 saturated heterocycles. The monoisotopic (exact) mass is 477 g/mol. The SMILES string of the molecule is O=C(COc1ccc(Cl)cc1[N+](=O)[O-])N/N=C/c1ccc(-c2ccc(Br)cc2)o1. The van der Waals surface area contributed by atoms with Gasteiger partial charge in [-0.05, 0) is 36.4 Å². The minimum atomic E-state index is -0.642. The standard InChI is InChI=1S/C19H13BrClN3O5/c20-13-3-1-12(2-4-13)17-8-6-15(29-17)10-22-23-19(25)11-28-18-7-5-14(21)9-16(18)24(26)27/h1-10H,11H2,(H,23,25)/b22-10+. The maximum Gasteiger partial charge on any atom is 0.312 e. The van der Waals surface area contributed by atoms with Crippen molar-refractivity contribution >= 4 is 45.3 Å². The van der Waals surface area contributed by atoms with Crippen LogP contribution < -0.4 is 10.2 Å². The summed E-state index contributed by atoms with van der Waals surface area (Å²) in [5.74, 6) is 0.440. The largest absolute Gasteiger partial charge is 0.477 e. The molecule has 8 nitrogen and oxygen atoms in total. The van der Waals surface area contributed by atoms with Gasteiger partial charge in [-0.15, -0.1) is 0 Å². The van der Waals surface area contributed by atoms with Crippen LogP contribution in [0.5, 0.6) is 5.75 Å².